The maximum Gasteiger partial charge on any atom is 0.416 e. The van der Waals surface area contributed by atoms with Gasteiger partial charge in [-0.15, -0.1) is 0 Å². The summed E-state index contributed by atoms with van der Waals surface area (Å²) in [6, 6.07) is 9.19. The molecular formula is C18H14F3NO3. The Bertz CT molecular complexity index is 800. The van der Waals surface area contributed by atoms with Gasteiger partial charge in [0.15, 0.2) is 0 Å². The van der Waals surface area contributed by atoms with Gasteiger partial charge < -0.3 is 14.8 Å². The van der Waals surface area contributed by atoms with Gasteiger partial charge in [0.1, 0.15) is 23.9 Å². The van der Waals surface area contributed by atoms with Crippen molar-refractivity contribution in [3.8, 4) is 17.2 Å². The van der Waals surface area contributed by atoms with E-state index < -0.39 is 11.7 Å². The standard InChI is InChI=1S/C18H14F3NO3/c1-2-17(23)22-15-10-24-16-9-13(7-8-14(15)16)25-12-5-3-11(4-6-12)18(19,20)21/h2-9,15H,1,10H2,(H,22,23). The molecule has 25 heavy (non-hydrogen) atoms. The second-order valence-corrected chi connectivity index (χ2v) is 5.40. The molecule has 1 aliphatic heterocycles. The summed E-state index contributed by atoms with van der Waals surface area (Å²) in [6.07, 6.45) is -3.20. The van der Waals surface area contributed by atoms with Crippen LogP contribution in [0.1, 0.15) is 17.2 Å². The Balaban J connectivity index is 1.73. The lowest BCUT2D eigenvalue weighted by Crippen LogP contribution is -2.27. The Hall–Kier alpha value is -2.96. The lowest BCUT2D eigenvalue weighted by Gasteiger charge is -2.11. The molecule has 0 fully saturated rings. The van der Waals surface area contributed by atoms with E-state index in [1.165, 1.54) is 18.2 Å². The van der Waals surface area contributed by atoms with Crippen molar-refractivity contribution in [2.75, 3.05) is 6.61 Å². The Kier molecular flexibility index (Phi) is 4.39. The normalized spacial score (nSPS) is 15.9. The van der Waals surface area contributed by atoms with E-state index in [0.29, 0.717) is 18.1 Å². The van der Waals surface area contributed by atoms with Gasteiger partial charge in [0, 0.05) is 11.6 Å². The fraction of sp³-hybridized carbons (Fsp3) is 0.167. The molecule has 7 heteroatoms. The van der Waals surface area contributed by atoms with E-state index in [1.807, 2.05) is 0 Å². The summed E-state index contributed by atoms with van der Waals surface area (Å²) >= 11 is 0. The fourth-order valence-corrected chi connectivity index (χ4v) is 2.45. The van der Waals surface area contributed by atoms with E-state index >= 15 is 0 Å². The summed E-state index contributed by atoms with van der Waals surface area (Å²) in [7, 11) is 0. The highest BCUT2D eigenvalue weighted by atomic mass is 19.4. The summed E-state index contributed by atoms with van der Waals surface area (Å²) in [6.45, 7) is 3.69. The van der Waals surface area contributed by atoms with Crippen LogP contribution in [0, 0.1) is 0 Å². The summed E-state index contributed by atoms with van der Waals surface area (Å²) in [5.74, 6) is 0.960. The molecule has 2 aromatic carbocycles. The van der Waals surface area contributed by atoms with Crippen LogP contribution in [-0.4, -0.2) is 12.5 Å². The second-order valence-electron chi connectivity index (χ2n) is 5.40. The fourth-order valence-electron chi connectivity index (χ4n) is 2.45. The molecule has 1 unspecified atom stereocenters. The van der Waals surface area contributed by atoms with Crippen molar-refractivity contribution in [1.82, 2.24) is 5.32 Å². The van der Waals surface area contributed by atoms with Crippen LogP contribution in [0.5, 0.6) is 17.2 Å². The van der Waals surface area contributed by atoms with Gasteiger partial charge in [-0.3, -0.25) is 4.79 Å². The first-order valence-corrected chi connectivity index (χ1v) is 7.41. The molecular weight excluding hydrogens is 335 g/mol. The van der Waals surface area contributed by atoms with Gasteiger partial charge in [0.05, 0.1) is 11.6 Å². The predicted molar refractivity (Wildman–Crippen MR) is 84.5 cm³/mol. The maximum absolute atomic E-state index is 12.6. The van der Waals surface area contributed by atoms with Crippen LogP contribution in [0.15, 0.2) is 55.1 Å². The number of carbonyl (C=O) groups excluding carboxylic acids is 1. The second kappa shape index (κ2) is 6.51. The highest BCUT2D eigenvalue weighted by molar-refractivity contribution is 5.87. The minimum Gasteiger partial charge on any atom is -0.491 e. The molecule has 130 valence electrons. The van der Waals surface area contributed by atoms with Gasteiger partial charge in [-0.05, 0) is 42.5 Å². The molecule has 1 aliphatic rings. The van der Waals surface area contributed by atoms with Gasteiger partial charge in [-0.2, -0.15) is 13.2 Å². The number of halogens is 3. The summed E-state index contributed by atoms with van der Waals surface area (Å²) in [4.78, 5) is 11.4. The Morgan fingerprint density at radius 1 is 1.20 bits per heavy atom. The smallest absolute Gasteiger partial charge is 0.416 e. The largest absolute Gasteiger partial charge is 0.491 e. The molecule has 0 spiro atoms. The predicted octanol–water partition coefficient (Wildman–Crippen LogP) is 4.23. The average Bonchev–Trinajstić information content (AvgIpc) is 2.96. The molecule has 0 saturated heterocycles. The van der Waals surface area contributed by atoms with Crippen LogP contribution in [-0.2, 0) is 11.0 Å². The number of hydrogen-bond donors (Lipinski definition) is 1. The van der Waals surface area contributed by atoms with Crippen LogP contribution in [0.3, 0.4) is 0 Å². The molecule has 0 aromatic heterocycles. The van der Waals surface area contributed by atoms with Gasteiger partial charge in [0.25, 0.3) is 0 Å². The quantitative estimate of drug-likeness (QED) is 0.840. The molecule has 2 aromatic rings. The third-order valence-electron chi connectivity index (χ3n) is 3.69. The lowest BCUT2D eigenvalue weighted by molar-refractivity contribution is -0.137. The van der Waals surface area contributed by atoms with Gasteiger partial charge in [0.2, 0.25) is 5.91 Å². The summed E-state index contributed by atoms with van der Waals surface area (Å²) < 4.78 is 48.7. The van der Waals surface area contributed by atoms with Crippen LogP contribution < -0.4 is 14.8 Å². The number of fused-ring (bicyclic) bond motifs is 1. The minimum atomic E-state index is -4.38. The number of nitrogens with one attached hydrogen (secondary N) is 1. The van der Waals surface area contributed by atoms with Crippen LogP contribution >= 0.6 is 0 Å². The number of benzene rings is 2. The molecule has 1 N–H and O–H groups in total. The van der Waals surface area contributed by atoms with Crippen molar-refractivity contribution in [3.05, 3.63) is 66.2 Å². The number of ether oxygens (including phenoxy) is 2. The molecule has 3 rings (SSSR count). The molecule has 4 nitrogen and oxygen atoms in total. The van der Waals surface area contributed by atoms with Crippen molar-refractivity contribution >= 4 is 5.91 Å². The van der Waals surface area contributed by atoms with E-state index in [1.54, 1.807) is 18.2 Å². The minimum absolute atomic E-state index is 0.277. The van der Waals surface area contributed by atoms with E-state index in [-0.39, 0.29) is 17.7 Å². The SMILES string of the molecule is C=CC(=O)NC1COc2cc(Oc3ccc(C(F)(F)F)cc3)ccc21. The van der Waals surface area contributed by atoms with Crippen LogP contribution in [0.25, 0.3) is 0 Å². The third kappa shape index (κ3) is 3.76. The number of carbonyl (C=O) groups is 1. The van der Waals surface area contributed by atoms with Crippen molar-refractivity contribution in [1.29, 1.82) is 0 Å². The van der Waals surface area contributed by atoms with Crippen molar-refractivity contribution in [3.63, 3.8) is 0 Å². The van der Waals surface area contributed by atoms with Crippen molar-refractivity contribution in [2.24, 2.45) is 0 Å². The molecule has 1 amide bonds. The number of hydrogen-bond acceptors (Lipinski definition) is 3. The molecule has 0 saturated carbocycles. The Morgan fingerprint density at radius 3 is 2.52 bits per heavy atom. The maximum atomic E-state index is 12.6. The molecule has 0 bridgehead atoms. The number of amides is 1. The lowest BCUT2D eigenvalue weighted by atomic mass is 10.1. The third-order valence-corrected chi connectivity index (χ3v) is 3.69. The van der Waals surface area contributed by atoms with E-state index in [2.05, 4.69) is 11.9 Å². The molecule has 0 radical (unpaired) electrons. The van der Waals surface area contributed by atoms with Gasteiger partial charge in [-0.1, -0.05) is 6.58 Å². The van der Waals surface area contributed by atoms with Crippen molar-refractivity contribution in [2.45, 2.75) is 12.2 Å². The summed E-state index contributed by atoms with van der Waals surface area (Å²) in [5.41, 5.74) is 0.0629. The van der Waals surface area contributed by atoms with Crippen LogP contribution in [0.2, 0.25) is 0 Å². The molecule has 1 atom stereocenters. The first-order valence-electron chi connectivity index (χ1n) is 7.41. The number of rotatable bonds is 4. The van der Waals surface area contributed by atoms with Gasteiger partial charge >= 0.3 is 6.18 Å². The first kappa shape index (κ1) is 16.9. The highest BCUT2D eigenvalue weighted by Gasteiger charge is 2.30. The highest BCUT2D eigenvalue weighted by Crippen LogP contribution is 2.37. The monoisotopic (exact) mass is 349 g/mol. The van der Waals surface area contributed by atoms with E-state index in [0.717, 1.165) is 17.7 Å². The average molecular weight is 349 g/mol. The zero-order chi connectivity index (χ0) is 18.0. The Labute approximate surface area is 141 Å². The first-order chi connectivity index (χ1) is 11.9. The van der Waals surface area contributed by atoms with E-state index in [9.17, 15) is 18.0 Å². The number of alkyl halides is 3. The zero-order valence-electron chi connectivity index (χ0n) is 13.0. The zero-order valence-corrected chi connectivity index (χ0v) is 13.0. The molecule has 0 aliphatic carbocycles. The van der Waals surface area contributed by atoms with Crippen molar-refractivity contribution < 1.29 is 27.4 Å². The Morgan fingerprint density at radius 2 is 1.88 bits per heavy atom. The van der Waals surface area contributed by atoms with Crippen LogP contribution in [0.4, 0.5) is 13.2 Å². The summed E-state index contributed by atoms with van der Waals surface area (Å²) in [5, 5.41) is 2.74. The van der Waals surface area contributed by atoms with E-state index in [4.69, 9.17) is 9.47 Å². The topological polar surface area (TPSA) is 47.6 Å². The molecule has 1 heterocycles. The van der Waals surface area contributed by atoms with Gasteiger partial charge in [-0.25, -0.2) is 0 Å².